The molecule has 2 N–H and O–H groups in total. The van der Waals surface area contributed by atoms with Gasteiger partial charge in [0.15, 0.2) is 0 Å². The zero-order valence-corrected chi connectivity index (χ0v) is 22.2. The first-order valence-corrected chi connectivity index (χ1v) is 9.14. The number of halogens is 2. The third-order valence-electron chi connectivity index (χ3n) is 3.10. The van der Waals surface area contributed by atoms with Gasteiger partial charge >= 0.3 is 0 Å². The maximum Gasteiger partial charge on any atom is 0.0661 e. The minimum Gasteiger partial charge on any atom is -1.00 e. The van der Waals surface area contributed by atoms with Crippen molar-refractivity contribution in [2.75, 3.05) is 42.3 Å². The molecule has 0 unspecified atom stereocenters. The summed E-state index contributed by atoms with van der Waals surface area (Å²) in [6.07, 6.45) is 0. The van der Waals surface area contributed by atoms with E-state index in [0.717, 1.165) is 0 Å². The molecule has 0 aromatic heterocycles. The minimum absolute atomic E-state index is 0. The molecule has 0 heterocycles. The number of quaternary nitrogens is 2. The van der Waals surface area contributed by atoms with Crippen LogP contribution in [0.15, 0.2) is 84.9 Å². The number of hydrogen-bond acceptors (Lipinski definition) is 0. The Morgan fingerprint density at radius 3 is 0.750 bits per heavy atom. The van der Waals surface area contributed by atoms with Gasteiger partial charge in [-0.2, -0.15) is 0 Å². The molecular formula is C24H34I2N2. The summed E-state index contributed by atoms with van der Waals surface area (Å²) in [4.78, 5) is 2.83. The summed E-state index contributed by atoms with van der Waals surface area (Å²) in [6, 6.07) is 29.6. The van der Waals surface area contributed by atoms with Crippen LogP contribution in [0.3, 0.4) is 0 Å². The normalized spacial score (nSPS) is 9.14. The molecule has 2 nitrogen and oxygen atoms in total. The van der Waals surface area contributed by atoms with Gasteiger partial charge < -0.3 is 57.8 Å². The second-order valence-corrected chi connectivity index (χ2v) is 7.31. The van der Waals surface area contributed by atoms with E-state index in [1.807, 2.05) is 12.1 Å². The Balaban J connectivity index is 0. The minimum atomic E-state index is 0. The summed E-state index contributed by atoms with van der Waals surface area (Å²) in [7, 11) is 12.5. The SMILES string of the molecule is C[NH+](C)C.C[NH+](C)C.[I-].[I-].c1ccc(-c2ccc(-c3ccccc3)cc2)cc1. The van der Waals surface area contributed by atoms with Crippen molar-refractivity contribution in [3.8, 4) is 22.3 Å². The van der Waals surface area contributed by atoms with E-state index < -0.39 is 0 Å². The van der Waals surface area contributed by atoms with Crippen LogP contribution >= 0.6 is 0 Å². The highest BCUT2D eigenvalue weighted by atomic mass is 127. The van der Waals surface area contributed by atoms with E-state index in [9.17, 15) is 0 Å². The highest BCUT2D eigenvalue weighted by Gasteiger charge is 1.98. The summed E-state index contributed by atoms with van der Waals surface area (Å²) in [5, 5.41) is 0. The third-order valence-corrected chi connectivity index (χ3v) is 3.10. The van der Waals surface area contributed by atoms with Gasteiger partial charge in [0.2, 0.25) is 0 Å². The van der Waals surface area contributed by atoms with E-state index >= 15 is 0 Å². The Bertz CT molecular complexity index is 643. The molecule has 3 rings (SSSR count). The zero-order valence-electron chi connectivity index (χ0n) is 17.8. The van der Waals surface area contributed by atoms with Gasteiger partial charge in [0, 0.05) is 0 Å². The van der Waals surface area contributed by atoms with Crippen molar-refractivity contribution in [1.29, 1.82) is 0 Å². The highest BCUT2D eigenvalue weighted by molar-refractivity contribution is 5.70. The highest BCUT2D eigenvalue weighted by Crippen LogP contribution is 2.24. The summed E-state index contributed by atoms with van der Waals surface area (Å²) < 4.78 is 0. The molecule has 0 aliphatic heterocycles. The van der Waals surface area contributed by atoms with Crippen molar-refractivity contribution >= 4 is 0 Å². The molecule has 0 radical (unpaired) electrons. The van der Waals surface area contributed by atoms with Gasteiger partial charge in [-0.3, -0.25) is 0 Å². The molecule has 0 bridgehead atoms. The quantitative estimate of drug-likeness (QED) is 0.282. The molecule has 0 saturated carbocycles. The van der Waals surface area contributed by atoms with E-state index in [2.05, 4.69) is 115 Å². The predicted molar refractivity (Wildman–Crippen MR) is 115 cm³/mol. The second-order valence-electron chi connectivity index (χ2n) is 7.31. The van der Waals surface area contributed by atoms with Crippen molar-refractivity contribution in [3.05, 3.63) is 84.9 Å². The van der Waals surface area contributed by atoms with Gasteiger partial charge in [0.25, 0.3) is 0 Å². The van der Waals surface area contributed by atoms with E-state index in [1.165, 1.54) is 32.1 Å². The summed E-state index contributed by atoms with van der Waals surface area (Å²) in [6.45, 7) is 0. The van der Waals surface area contributed by atoms with Crippen LogP contribution in [0.1, 0.15) is 0 Å². The first-order chi connectivity index (χ1) is 12.4. The largest absolute Gasteiger partial charge is 1.00 e. The number of benzene rings is 3. The van der Waals surface area contributed by atoms with Gasteiger partial charge in [-0.05, 0) is 22.3 Å². The van der Waals surface area contributed by atoms with Crippen molar-refractivity contribution in [3.63, 3.8) is 0 Å². The zero-order chi connectivity index (χ0) is 19.4. The maximum absolute atomic E-state index is 2.18. The molecule has 3 aromatic rings. The van der Waals surface area contributed by atoms with Crippen LogP contribution in [0.4, 0.5) is 0 Å². The maximum atomic E-state index is 2.18. The Kier molecular flexibility index (Phi) is 17.7. The van der Waals surface area contributed by atoms with Crippen LogP contribution in [0.2, 0.25) is 0 Å². The summed E-state index contributed by atoms with van der Waals surface area (Å²) >= 11 is 0. The topological polar surface area (TPSA) is 8.88 Å². The van der Waals surface area contributed by atoms with Crippen molar-refractivity contribution < 1.29 is 57.8 Å². The summed E-state index contributed by atoms with van der Waals surface area (Å²) in [5.74, 6) is 0. The van der Waals surface area contributed by atoms with Gasteiger partial charge in [0.1, 0.15) is 0 Å². The first-order valence-electron chi connectivity index (χ1n) is 9.14. The number of hydrogen-bond donors (Lipinski definition) is 2. The van der Waals surface area contributed by atoms with Gasteiger partial charge in [0.05, 0.1) is 42.3 Å². The smallest absolute Gasteiger partial charge is 0.0661 e. The summed E-state index contributed by atoms with van der Waals surface area (Å²) in [5.41, 5.74) is 5.04. The standard InChI is InChI=1S/C18H14.2C3H9N.2HI/c1-3-7-15(8-4-1)17-11-13-18(14-12-17)16-9-5-2-6-10-16;2*1-4(2)3;;/h1-14H;2*1-3H3;2*1H. The fourth-order valence-corrected chi connectivity index (χ4v) is 2.12. The lowest BCUT2D eigenvalue weighted by Crippen LogP contribution is -3.02. The molecule has 0 fully saturated rings. The average molecular weight is 604 g/mol. The average Bonchev–Trinajstić information content (AvgIpc) is 2.62. The first kappa shape index (κ1) is 29.2. The third kappa shape index (κ3) is 13.3. The Morgan fingerprint density at radius 1 is 0.357 bits per heavy atom. The molecule has 28 heavy (non-hydrogen) atoms. The van der Waals surface area contributed by atoms with Crippen molar-refractivity contribution in [2.24, 2.45) is 0 Å². The predicted octanol–water partition coefficient (Wildman–Crippen LogP) is -3.45. The lowest BCUT2D eigenvalue weighted by atomic mass is 10.0. The molecule has 4 heteroatoms. The van der Waals surface area contributed by atoms with Crippen LogP contribution in [-0.4, -0.2) is 42.3 Å². The monoisotopic (exact) mass is 604 g/mol. The van der Waals surface area contributed by atoms with E-state index in [1.54, 1.807) is 0 Å². The fourth-order valence-electron chi connectivity index (χ4n) is 2.12. The molecule has 154 valence electrons. The van der Waals surface area contributed by atoms with E-state index in [4.69, 9.17) is 0 Å². The second kappa shape index (κ2) is 16.9. The van der Waals surface area contributed by atoms with Crippen LogP contribution < -0.4 is 57.8 Å². The Morgan fingerprint density at radius 2 is 0.536 bits per heavy atom. The van der Waals surface area contributed by atoms with Gasteiger partial charge in [-0.1, -0.05) is 84.9 Å². The van der Waals surface area contributed by atoms with Crippen LogP contribution in [-0.2, 0) is 0 Å². The molecule has 0 spiro atoms. The van der Waals surface area contributed by atoms with Gasteiger partial charge in [-0.25, -0.2) is 0 Å². The molecule has 0 aliphatic rings. The molecule has 0 saturated heterocycles. The Labute approximate surface area is 206 Å². The van der Waals surface area contributed by atoms with E-state index in [0.29, 0.717) is 0 Å². The molecular weight excluding hydrogens is 570 g/mol. The van der Waals surface area contributed by atoms with Gasteiger partial charge in [-0.15, -0.1) is 0 Å². The molecule has 0 amide bonds. The van der Waals surface area contributed by atoms with Crippen LogP contribution in [0.25, 0.3) is 22.3 Å². The van der Waals surface area contributed by atoms with E-state index in [-0.39, 0.29) is 48.0 Å². The van der Waals surface area contributed by atoms with Crippen LogP contribution in [0, 0.1) is 0 Å². The van der Waals surface area contributed by atoms with Crippen LogP contribution in [0.5, 0.6) is 0 Å². The number of rotatable bonds is 2. The molecule has 3 aromatic carbocycles. The fraction of sp³-hybridized carbons (Fsp3) is 0.250. The van der Waals surface area contributed by atoms with Crippen molar-refractivity contribution in [2.45, 2.75) is 0 Å². The lowest BCUT2D eigenvalue weighted by molar-refractivity contribution is -0.836. The lowest BCUT2D eigenvalue weighted by Gasteiger charge is -2.04. The number of nitrogens with one attached hydrogen (secondary N) is 2. The Hall–Kier alpha value is -0.960. The van der Waals surface area contributed by atoms with Crippen molar-refractivity contribution in [1.82, 2.24) is 0 Å². The molecule has 0 aliphatic carbocycles. The molecule has 0 atom stereocenters.